The van der Waals surface area contributed by atoms with Crippen molar-refractivity contribution in [3.63, 3.8) is 0 Å². The van der Waals surface area contributed by atoms with Crippen molar-refractivity contribution in [3.8, 4) is 0 Å². The van der Waals surface area contributed by atoms with Crippen LogP contribution in [0, 0.1) is 0 Å². The maximum absolute atomic E-state index is 5.59. The summed E-state index contributed by atoms with van der Waals surface area (Å²) >= 11 is 0. The van der Waals surface area contributed by atoms with Gasteiger partial charge in [-0.25, -0.2) is 4.98 Å². The van der Waals surface area contributed by atoms with Crippen molar-refractivity contribution >= 4 is 11.8 Å². The Balaban J connectivity index is 1.88. The van der Waals surface area contributed by atoms with Gasteiger partial charge >= 0.3 is 0 Å². The Bertz CT molecular complexity index is 470. The van der Waals surface area contributed by atoms with Crippen molar-refractivity contribution in [1.82, 2.24) is 9.97 Å². The fraction of sp³-hybridized carbons (Fsp3) is 0.750. The number of ether oxygens (including phenoxy) is 1. The molecule has 1 saturated heterocycles. The molecule has 0 aromatic carbocycles. The summed E-state index contributed by atoms with van der Waals surface area (Å²) in [6.45, 7) is 6.71. The Hall–Kier alpha value is -1.36. The number of hydrogen-bond donors (Lipinski definition) is 1. The van der Waals surface area contributed by atoms with Crippen LogP contribution in [0.15, 0.2) is 0 Å². The Morgan fingerprint density at radius 2 is 1.95 bits per heavy atom. The van der Waals surface area contributed by atoms with Crippen LogP contribution in [0.4, 0.5) is 11.8 Å². The molecule has 0 radical (unpaired) electrons. The van der Waals surface area contributed by atoms with Gasteiger partial charge in [0.1, 0.15) is 5.82 Å². The molecule has 3 heterocycles. The molecule has 0 atom stereocenters. The molecule has 0 spiro atoms. The molecule has 116 valence electrons. The standard InChI is InChI=1S/C16H26N4O/c1-2-8-17-15-13-12-21-11-7-14(13)18-16(19-15)20-9-5-3-4-6-10-20/h2-12H2,1H3,(H,17,18,19). The van der Waals surface area contributed by atoms with E-state index in [4.69, 9.17) is 14.7 Å². The lowest BCUT2D eigenvalue weighted by Gasteiger charge is -2.25. The Morgan fingerprint density at radius 3 is 2.71 bits per heavy atom. The van der Waals surface area contributed by atoms with Crippen LogP contribution in [0.25, 0.3) is 0 Å². The normalized spacial score (nSPS) is 19.0. The van der Waals surface area contributed by atoms with Crippen LogP contribution in [0.3, 0.4) is 0 Å². The first-order valence-corrected chi connectivity index (χ1v) is 8.35. The molecule has 0 aliphatic carbocycles. The number of hydrogen-bond acceptors (Lipinski definition) is 5. The van der Waals surface area contributed by atoms with E-state index in [0.717, 1.165) is 56.4 Å². The van der Waals surface area contributed by atoms with E-state index in [1.807, 2.05) is 0 Å². The number of nitrogens with zero attached hydrogens (tertiary/aromatic N) is 3. The van der Waals surface area contributed by atoms with Gasteiger partial charge in [0.25, 0.3) is 0 Å². The van der Waals surface area contributed by atoms with E-state index < -0.39 is 0 Å². The highest BCUT2D eigenvalue weighted by Gasteiger charge is 2.21. The molecule has 1 aromatic rings. The molecule has 2 aliphatic rings. The Morgan fingerprint density at radius 1 is 1.14 bits per heavy atom. The third-order valence-electron chi connectivity index (χ3n) is 4.24. The van der Waals surface area contributed by atoms with Gasteiger partial charge in [-0.1, -0.05) is 19.8 Å². The number of anilines is 2. The quantitative estimate of drug-likeness (QED) is 0.924. The van der Waals surface area contributed by atoms with Crippen molar-refractivity contribution in [2.75, 3.05) is 36.5 Å². The fourth-order valence-electron chi connectivity index (χ4n) is 3.02. The molecular formula is C16H26N4O. The maximum atomic E-state index is 5.59. The van der Waals surface area contributed by atoms with Crippen molar-refractivity contribution in [3.05, 3.63) is 11.3 Å². The molecule has 5 heteroatoms. The summed E-state index contributed by atoms with van der Waals surface area (Å²) in [7, 11) is 0. The lowest BCUT2D eigenvalue weighted by atomic mass is 10.1. The zero-order valence-corrected chi connectivity index (χ0v) is 13.0. The van der Waals surface area contributed by atoms with Crippen molar-refractivity contribution in [2.24, 2.45) is 0 Å². The molecule has 3 rings (SSSR count). The highest BCUT2D eigenvalue weighted by atomic mass is 16.5. The van der Waals surface area contributed by atoms with Gasteiger partial charge in [-0.3, -0.25) is 0 Å². The van der Waals surface area contributed by atoms with Crippen molar-refractivity contribution < 1.29 is 4.74 Å². The van der Waals surface area contributed by atoms with Gasteiger partial charge in [-0.15, -0.1) is 0 Å². The molecule has 21 heavy (non-hydrogen) atoms. The van der Waals surface area contributed by atoms with E-state index >= 15 is 0 Å². The molecule has 0 amide bonds. The smallest absolute Gasteiger partial charge is 0.227 e. The summed E-state index contributed by atoms with van der Waals surface area (Å²) in [6.07, 6.45) is 7.16. The zero-order chi connectivity index (χ0) is 14.5. The first kappa shape index (κ1) is 14.6. The average molecular weight is 290 g/mol. The molecule has 2 aliphatic heterocycles. The summed E-state index contributed by atoms with van der Waals surface area (Å²) in [5.41, 5.74) is 2.34. The monoisotopic (exact) mass is 290 g/mol. The molecular weight excluding hydrogens is 264 g/mol. The molecule has 0 saturated carbocycles. The van der Waals surface area contributed by atoms with Crippen LogP contribution in [-0.4, -0.2) is 36.2 Å². The van der Waals surface area contributed by atoms with E-state index in [-0.39, 0.29) is 0 Å². The highest BCUT2D eigenvalue weighted by molar-refractivity contribution is 5.52. The van der Waals surface area contributed by atoms with Gasteiger partial charge in [0, 0.05) is 31.6 Å². The lowest BCUT2D eigenvalue weighted by molar-refractivity contribution is 0.109. The largest absolute Gasteiger partial charge is 0.376 e. The molecule has 1 aromatic heterocycles. The van der Waals surface area contributed by atoms with Gasteiger partial charge in [-0.2, -0.15) is 4.98 Å². The highest BCUT2D eigenvalue weighted by Crippen LogP contribution is 2.26. The summed E-state index contributed by atoms with van der Waals surface area (Å²) in [6, 6.07) is 0. The van der Waals surface area contributed by atoms with Gasteiger partial charge in [0.05, 0.1) is 18.9 Å². The van der Waals surface area contributed by atoms with Gasteiger partial charge in [-0.05, 0) is 19.3 Å². The number of aromatic nitrogens is 2. The first-order valence-electron chi connectivity index (χ1n) is 8.35. The minimum absolute atomic E-state index is 0.641. The van der Waals surface area contributed by atoms with E-state index in [1.54, 1.807) is 0 Å². The second kappa shape index (κ2) is 7.07. The van der Waals surface area contributed by atoms with Crippen molar-refractivity contribution in [2.45, 2.75) is 52.1 Å². The fourth-order valence-corrected chi connectivity index (χ4v) is 3.02. The molecule has 0 unspecified atom stereocenters. The second-order valence-electron chi connectivity index (χ2n) is 5.93. The minimum Gasteiger partial charge on any atom is -0.376 e. The lowest BCUT2D eigenvalue weighted by Crippen LogP contribution is -2.28. The Kier molecular flexibility index (Phi) is 4.91. The van der Waals surface area contributed by atoms with Crippen molar-refractivity contribution in [1.29, 1.82) is 0 Å². The third kappa shape index (κ3) is 3.46. The number of fused-ring (bicyclic) bond motifs is 1. The van der Waals surface area contributed by atoms with E-state index in [0.29, 0.717) is 6.61 Å². The molecule has 5 nitrogen and oxygen atoms in total. The van der Waals surface area contributed by atoms with Crippen LogP contribution in [-0.2, 0) is 17.8 Å². The Labute approximate surface area is 127 Å². The zero-order valence-electron chi connectivity index (χ0n) is 13.0. The van der Waals surface area contributed by atoms with Gasteiger partial charge < -0.3 is 15.0 Å². The third-order valence-corrected chi connectivity index (χ3v) is 4.24. The van der Waals surface area contributed by atoms with Crippen LogP contribution in [0.5, 0.6) is 0 Å². The van der Waals surface area contributed by atoms with Crippen LogP contribution in [0.2, 0.25) is 0 Å². The topological polar surface area (TPSA) is 50.3 Å². The second-order valence-corrected chi connectivity index (χ2v) is 5.93. The van der Waals surface area contributed by atoms with Crippen LogP contribution < -0.4 is 10.2 Å². The average Bonchev–Trinajstić information content (AvgIpc) is 2.81. The SMILES string of the molecule is CCCNc1nc(N2CCCCCC2)nc2c1COCC2. The predicted molar refractivity (Wildman–Crippen MR) is 84.9 cm³/mol. The summed E-state index contributed by atoms with van der Waals surface area (Å²) < 4.78 is 5.59. The minimum atomic E-state index is 0.641. The summed E-state index contributed by atoms with van der Waals surface area (Å²) in [5.74, 6) is 1.90. The summed E-state index contributed by atoms with van der Waals surface area (Å²) in [4.78, 5) is 12.0. The van der Waals surface area contributed by atoms with E-state index in [1.165, 1.54) is 31.4 Å². The van der Waals surface area contributed by atoms with Gasteiger partial charge in [0.15, 0.2) is 0 Å². The van der Waals surface area contributed by atoms with Crippen LogP contribution >= 0.6 is 0 Å². The first-order chi connectivity index (χ1) is 10.4. The molecule has 1 fully saturated rings. The van der Waals surface area contributed by atoms with Crippen LogP contribution in [0.1, 0.15) is 50.3 Å². The summed E-state index contributed by atoms with van der Waals surface area (Å²) in [5, 5.41) is 3.46. The predicted octanol–water partition coefficient (Wildman–Crippen LogP) is 2.75. The van der Waals surface area contributed by atoms with E-state index in [2.05, 4.69) is 17.1 Å². The molecule has 1 N–H and O–H groups in total. The maximum Gasteiger partial charge on any atom is 0.227 e. The number of nitrogens with one attached hydrogen (secondary N) is 1. The van der Waals surface area contributed by atoms with E-state index in [9.17, 15) is 0 Å². The number of rotatable bonds is 4. The van der Waals surface area contributed by atoms with Gasteiger partial charge in [0.2, 0.25) is 5.95 Å². The molecule has 0 bridgehead atoms.